The van der Waals surface area contributed by atoms with Gasteiger partial charge in [-0.15, -0.1) is 0 Å². The molecule has 6 atom stereocenters. The molecule has 1 aliphatic heterocycles. The van der Waals surface area contributed by atoms with Crippen LogP contribution < -0.4 is 4.90 Å². The summed E-state index contributed by atoms with van der Waals surface area (Å²) in [4.78, 5) is 5.35. The third kappa shape index (κ3) is 5.67. The summed E-state index contributed by atoms with van der Waals surface area (Å²) < 4.78 is 0. The van der Waals surface area contributed by atoms with Gasteiger partial charge in [0, 0.05) is 52.0 Å². The van der Waals surface area contributed by atoms with Gasteiger partial charge in [-0.1, -0.05) is 130 Å². The zero-order valence-electron chi connectivity index (χ0n) is 32.3. The number of allylic oxidation sites excluding steroid dienone is 12. The molecule has 0 saturated carbocycles. The highest BCUT2D eigenvalue weighted by Crippen LogP contribution is 2.53. The molecule has 54 heavy (non-hydrogen) atoms. The topological polar surface area (TPSA) is 6.48 Å². The fourth-order valence-electron chi connectivity index (χ4n) is 11.1. The van der Waals surface area contributed by atoms with Gasteiger partial charge in [0.1, 0.15) is 0 Å². The van der Waals surface area contributed by atoms with Gasteiger partial charge >= 0.3 is 0 Å². The van der Waals surface area contributed by atoms with Crippen LogP contribution in [0.25, 0.3) is 11.1 Å². The van der Waals surface area contributed by atoms with Gasteiger partial charge in [0.25, 0.3) is 0 Å². The molecule has 1 saturated heterocycles. The van der Waals surface area contributed by atoms with E-state index in [0.29, 0.717) is 35.8 Å². The highest BCUT2D eigenvalue weighted by Gasteiger charge is 2.48. The fraction of sp³-hybridized carbons (Fsp3) is 0.346. The minimum absolute atomic E-state index is 0.0149. The van der Waals surface area contributed by atoms with Crippen molar-refractivity contribution < 1.29 is 0 Å². The lowest BCUT2D eigenvalue weighted by Crippen LogP contribution is -2.37. The normalized spacial score (nSPS) is 28.9. The predicted octanol–water partition coefficient (Wildman–Crippen LogP) is 13.1. The Balaban J connectivity index is 0.984. The minimum atomic E-state index is -0.0149. The van der Waals surface area contributed by atoms with Crippen molar-refractivity contribution in [2.75, 3.05) is 4.90 Å². The number of hydrogen-bond donors (Lipinski definition) is 0. The lowest BCUT2D eigenvalue weighted by molar-refractivity contribution is 0.238. The van der Waals surface area contributed by atoms with Gasteiger partial charge in [-0.2, -0.15) is 0 Å². The average Bonchev–Trinajstić information content (AvgIpc) is 3.66. The van der Waals surface area contributed by atoms with E-state index in [2.05, 4.69) is 170 Å². The van der Waals surface area contributed by atoms with Crippen LogP contribution >= 0.6 is 0 Å². The molecule has 1 fully saturated rings. The largest absolute Gasteiger partial charge is 0.364 e. The number of nitrogens with zero attached hydrogens (tertiary/aromatic N) is 2. The first-order valence-electron chi connectivity index (χ1n) is 20.9. The van der Waals surface area contributed by atoms with Gasteiger partial charge in [-0.05, 0) is 127 Å². The maximum atomic E-state index is 2.84. The van der Waals surface area contributed by atoms with Crippen molar-refractivity contribution in [3.05, 3.63) is 179 Å². The van der Waals surface area contributed by atoms with E-state index in [9.17, 15) is 0 Å². The minimum Gasteiger partial charge on any atom is -0.364 e. The highest BCUT2D eigenvalue weighted by molar-refractivity contribution is 5.86. The van der Waals surface area contributed by atoms with E-state index in [4.69, 9.17) is 0 Å². The average molecular weight is 707 g/mol. The van der Waals surface area contributed by atoms with Crippen LogP contribution in [0.1, 0.15) is 100 Å². The molecule has 2 nitrogen and oxygen atoms in total. The third-order valence-electron chi connectivity index (χ3n) is 13.9. The summed E-state index contributed by atoms with van der Waals surface area (Å²) >= 11 is 0. The van der Waals surface area contributed by atoms with E-state index in [1.54, 1.807) is 11.3 Å². The number of likely N-dealkylation sites (tertiary alicyclic amines) is 1. The van der Waals surface area contributed by atoms with Crippen molar-refractivity contribution in [1.29, 1.82) is 0 Å². The monoisotopic (exact) mass is 706 g/mol. The molecule has 2 heteroatoms. The number of anilines is 2. The Bertz CT molecular complexity index is 2200. The van der Waals surface area contributed by atoms with E-state index in [1.807, 2.05) is 0 Å². The highest BCUT2D eigenvalue weighted by atomic mass is 15.2. The molecular formula is C52H54N2. The summed E-state index contributed by atoms with van der Waals surface area (Å²) in [5, 5.41) is 0. The summed E-state index contributed by atoms with van der Waals surface area (Å²) in [7, 11) is 0. The summed E-state index contributed by atoms with van der Waals surface area (Å²) in [6, 6.07) is 28.9. The Morgan fingerprint density at radius 3 is 2.41 bits per heavy atom. The van der Waals surface area contributed by atoms with Crippen LogP contribution in [-0.4, -0.2) is 17.0 Å². The van der Waals surface area contributed by atoms with Gasteiger partial charge in [0.2, 0.25) is 0 Å². The first-order chi connectivity index (χ1) is 26.4. The maximum absolute atomic E-state index is 2.84. The van der Waals surface area contributed by atoms with Crippen LogP contribution in [0, 0.1) is 17.8 Å². The molecule has 272 valence electrons. The van der Waals surface area contributed by atoms with Crippen molar-refractivity contribution in [2.45, 2.75) is 95.6 Å². The van der Waals surface area contributed by atoms with Crippen LogP contribution in [0.4, 0.5) is 11.4 Å². The SMILES string of the molecule is CC1C=CC2=C(C1)c1ccc(N(C3=CCC(c4ccccc4)C=C3)c3ccc(C4=CC5C6C=CC=CC6N(C6=CCCCC6)C5CC4)cc3)cc1C2(C)C. The molecule has 3 aromatic carbocycles. The van der Waals surface area contributed by atoms with E-state index in [1.165, 1.54) is 82.6 Å². The molecule has 0 bridgehead atoms. The first-order valence-corrected chi connectivity index (χ1v) is 20.9. The van der Waals surface area contributed by atoms with Gasteiger partial charge < -0.3 is 9.80 Å². The van der Waals surface area contributed by atoms with E-state index >= 15 is 0 Å². The molecule has 6 aliphatic carbocycles. The van der Waals surface area contributed by atoms with Gasteiger partial charge in [0.05, 0.1) is 6.04 Å². The fourth-order valence-corrected chi connectivity index (χ4v) is 11.1. The van der Waals surface area contributed by atoms with Crippen molar-refractivity contribution in [3.63, 3.8) is 0 Å². The zero-order valence-corrected chi connectivity index (χ0v) is 32.3. The smallest absolute Gasteiger partial charge is 0.0545 e. The third-order valence-corrected chi connectivity index (χ3v) is 13.9. The second-order valence-electron chi connectivity index (χ2n) is 17.5. The van der Waals surface area contributed by atoms with Crippen LogP contribution in [-0.2, 0) is 5.41 Å². The molecule has 1 heterocycles. The van der Waals surface area contributed by atoms with E-state index < -0.39 is 0 Å². The molecule has 0 amide bonds. The molecule has 0 spiro atoms. The summed E-state index contributed by atoms with van der Waals surface area (Å²) in [6.45, 7) is 7.18. The van der Waals surface area contributed by atoms with Gasteiger partial charge in [0.15, 0.2) is 0 Å². The second kappa shape index (κ2) is 13.5. The van der Waals surface area contributed by atoms with Crippen LogP contribution in [0.5, 0.6) is 0 Å². The summed E-state index contributed by atoms with van der Waals surface area (Å²) in [5.74, 6) is 2.10. The van der Waals surface area contributed by atoms with Crippen molar-refractivity contribution >= 4 is 22.5 Å². The van der Waals surface area contributed by atoms with Crippen LogP contribution in [0.3, 0.4) is 0 Å². The Labute approximate surface area is 323 Å². The molecule has 7 aliphatic rings. The lowest BCUT2D eigenvalue weighted by atomic mass is 9.77. The van der Waals surface area contributed by atoms with Crippen molar-refractivity contribution in [3.8, 4) is 0 Å². The van der Waals surface area contributed by atoms with E-state index in [0.717, 1.165) is 19.3 Å². The van der Waals surface area contributed by atoms with Crippen molar-refractivity contribution in [2.24, 2.45) is 17.8 Å². The maximum Gasteiger partial charge on any atom is 0.0545 e. The first kappa shape index (κ1) is 33.7. The van der Waals surface area contributed by atoms with Gasteiger partial charge in [-0.3, -0.25) is 0 Å². The Morgan fingerprint density at radius 1 is 0.778 bits per heavy atom. The lowest BCUT2D eigenvalue weighted by Gasteiger charge is -2.37. The Hall–Kier alpha value is -4.82. The Morgan fingerprint density at radius 2 is 1.61 bits per heavy atom. The van der Waals surface area contributed by atoms with Crippen LogP contribution in [0.2, 0.25) is 0 Å². The molecule has 0 radical (unpaired) electrons. The van der Waals surface area contributed by atoms with E-state index in [-0.39, 0.29) is 5.41 Å². The quantitative estimate of drug-likeness (QED) is 0.252. The number of hydrogen-bond acceptors (Lipinski definition) is 2. The predicted molar refractivity (Wildman–Crippen MR) is 227 cm³/mol. The Kier molecular flexibility index (Phi) is 8.42. The molecule has 0 N–H and O–H groups in total. The number of rotatable bonds is 6. The van der Waals surface area contributed by atoms with Crippen molar-refractivity contribution in [1.82, 2.24) is 4.90 Å². The zero-order chi connectivity index (χ0) is 36.4. The van der Waals surface area contributed by atoms with Gasteiger partial charge in [-0.25, -0.2) is 0 Å². The number of fused-ring (bicyclic) bond motifs is 5. The molecular weight excluding hydrogens is 653 g/mol. The molecule has 0 aromatic heterocycles. The molecule has 6 unspecified atom stereocenters. The van der Waals surface area contributed by atoms with Crippen LogP contribution in [0.15, 0.2) is 157 Å². The summed E-state index contributed by atoms with van der Waals surface area (Å²) in [6.07, 6.45) is 36.5. The number of benzene rings is 3. The molecule has 3 aromatic rings. The summed E-state index contributed by atoms with van der Waals surface area (Å²) in [5.41, 5.74) is 15.5. The standard InChI is InChI=1S/C52H54N2/c1-35-18-30-48-46(32-35)44-29-28-43(34-49(44)52(48,2)3)53(41-24-19-37(20-25-41)36-12-6-4-7-13-36)42-26-21-38(22-27-42)39-23-31-51-47(33-39)45-16-10-11-17-50(45)54(51)40-14-8-5-9-15-40/h4,6-7,10-14,16-19,21-22,24-30,33-35,37,45,47,50-51H,5,8-9,15,20,23,31-32H2,1-3H3. The second-order valence-corrected chi connectivity index (χ2v) is 17.5. The molecule has 10 rings (SSSR count).